The first-order valence-corrected chi connectivity index (χ1v) is 11.0. The van der Waals surface area contributed by atoms with E-state index in [1.54, 1.807) is 48.9 Å². The first-order chi connectivity index (χ1) is 14.1. The lowest BCUT2D eigenvalue weighted by atomic mass is 9.91. The molecule has 1 rings (SSSR count). The van der Waals surface area contributed by atoms with Gasteiger partial charge in [-0.05, 0) is 45.6 Å². The van der Waals surface area contributed by atoms with E-state index in [0.717, 1.165) is 6.92 Å². The highest BCUT2D eigenvalue weighted by Gasteiger charge is 2.51. The van der Waals surface area contributed by atoms with Crippen molar-refractivity contribution in [2.75, 3.05) is 0 Å². The Hall–Kier alpha value is -2.82. The minimum Gasteiger partial charge on any atom is -0.479 e. The van der Waals surface area contributed by atoms with Crippen LogP contribution >= 0.6 is 0 Å². The second-order valence-electron chi connectivity index (χ2n) is 8.59. The van der Waals surface area contributed by atoms with Gasteiger partial charge in [0.15, 0.2) is 5.54 Å². The van der Waals surface area contributed by atoms with Crippen LogP contribution < -0.4 is 4.72 Å². The fourth-order valence-electron chi connectivity index (χ4n) is 2.82. The van der Waals surface area contributed by atoms with Crippen LogP contribution in [0, 0.1) is 5.92 Å². The summed E-state index contributed by atoms with van der Waals surface area (Å²) in [7, 11) is -4.99. The molecule has 0 saturated carbocycles. The molecule has 1 unspecified atom stereocenters. The Bertz CT molecular complexity index is 894. The van der Waals surface area contributed by atoms with E-state index in [0.29, 0.717) is 5.56 Å². The van der Waals surface area contributed by atoms with Gasteiger partial charge in [-0.15, -0.1) is 0 Å². The third kappa shape index (κ3) is 7.74. The number of carbonyl (C=O) groups excluding carboxylic acids is 2. The molecule has 1 aromatic carbocycles. The number of carboxylic acids is 1. The topological polar surface area (TPSA) is 139 Å². The predicted molar refractivity (Wildman–Crippen MR) is 112 cm³/mol. The minimum absolute atomic E-state index is 0.0529. The van der Waals surface area contributed by atoms with Crippen molar-refractivity contribution in [2.45, 2.75) is 65.7 Å². The molecule has 0 aliphatic heterocycles. The molecule has 0 bridgehead atoms. The smallest absolute Gasteiger partial charge is 0.426 e. The maximum absolute atomic E-state index is 13.0. The van der Waals surface area contributed by atoms with Gasteiger partial charge in [0.05, 0.1) is 0 Å². The van der Waals surface area contributed by atoms with Gasteiger partial charge in [0.25, 0.3) is 0 Å². The van der Waals surface area contributed by atoms with Crippen molar-refractivity contribution < 1.29 is 37.4 Å². The van der Waals surface area contributed by atoms with Crippen LogP contribution in [0.5, 0.6) is 0 Å². The lowest BCUT2D eigenvalue weighted by molar-refractivity contribution is -0.148. The van der Waals surface area contributed by atoms with Crippen molar-refractivity contribution in [1.29, 1.82) is 0 Å². The molecule has 0 heterocycles. The van der Waals surface area contributed by atoms with Crippen LogP contribution in [0.3, 0.4) is 0 Å². The van der Waals surface area contributed by atoms with Gasteiger partial charge in [-0.1, -0.05) is 44.2 Å². The molecule has 10 nitrogen and oxygen atoms in total. The average molecular weight is 459 g/mol. The molecule has 1 atom stereocenters. The van der Waals surface area contributed by atoms with E-state index >= 15 is 0 Å². The summed E-state index contributed by atoms with van der Waals surface area (Å²) in [5, 5.41) is 9.79. The van der Waals surface area contributed by atoms with Crippen molar-refractivity contribution >= 4 is 28.4 Å². The zero-order valence-corrected chi connectivity index (χ0v) is 19.4. The summed E-state index contributed by atoms with van der Waals surface area (Å²) in [5.41, 5.74) is -2.73. The number of nitrogens with one attached hydrogen (secondary N) is 1. The van der Waals surface area contributed by atoms with Crippen molar-refractivity contribution in [3.8, 4) is 0 Å². The number of hydrogen-bond donors (Lipinski definition) is 2. The zero-order valence-electron chi connectivity index (χ0n) is 18.5. The van der Waals surface area contributed by atoms with Crippen molar-refractivity contribution in [2.24, 2.45) is 5.92 Å². The van der Waals surface area contributed by atoms with Crippen LogP contribution in [0.15, 0.2) is 30.3 Å². The van der Waals surface area contributed by atoms with Gasteiger partial charge in [0.2, 0.25) is 0 Å². The van der Waals surface area contributed by atoms with Gasteiger partial charge in [-0.3, -0.25) is 0 Å². The molecule has 0 radical (unpaired) electrons. The summed E-state index contributed by atoms with van der Waals surface area (Å²) < 4.78 is 37.6. The summed E-state index contributed by atoms with van der Waals surface area (Å²) in [6, 6.07) is 8.51. The minimum atomic E-state index is -4.99. The number of carboxylic acid groups (broad SMARTS) is 1. The maximum Gasteiger partial charge on any atom is 0.426 e. The fraction of sp³-hybridized carbons (Fsp3) is 0.550. The van der Waals surface area contributed by atoms with E-state index in [1.807, 2.05) is 0 Å². The molecule has 11 heteroatoms. The molecule has 0 aliphatic carbocycles. The van der Waals surface area contributed by atoms with Crippen LogP contribution in [-0.2, 0) is 31.1 Å². The van der Waals surface area contributed by atoms with Crippen molar-refractivity contribution in [1.82, 2.24) is 9.03 Å². The van der Waals surface area contributed by atoms with Gasteiger partial charge in [-0.2, -0.15) is 12.7 Å². The Morgan fingerprint density at radius 1 is 1.10 bits per heavy atom. The van der Waals surface area contributed by atoms with Gasteiger partial charge in [-0.25, -0.2) is 19.1 Å². The molecular weight excluding hydrogens is 428 g/mol. The number of hydrogen-bond acceptors (Lipinski definition) is 7. The SMILES string of the molecule is CC(C)CC(C)(C(=O)O)N(C(=O)OC(C)(C)C)S(=O)(=O)NC(=O)OCc1ccccc1. The number of aliphatic carboxylic acids is 1. The molecule has 31 heavy (non-hydrogen) atoms. The number of rotatable bonds is 8. The van der Waals surface area contributed by atoms with E-state index in [9.17, 15) is 27.9 Å². The standard InChI is InChI=1S/C20H30N2O8S/c1-14(2)12-20(6,16(23)24)22(18(26)30-19(3,4)5)31(27,28)21-17(25)29-13-15-10-8-7-9-11-15/h7-11,14H,12-13H2,1-6H3,(H,21,25)(H,23,24). The Morgan fingerprint density at radius 3 is 2.10 bits per heavy atom. The number of benzene rings is 1. The third-order valence-corrected chi connectivity index (χ3v) is 5.40. The van der Waals surface area contributed by atoms with Crippen LogP contribution in [0.2, 0.25) is 0 Å². The van der Waals surface area contributed by atoms with E-state index in [4.69, 9.17) is 9.47 Å². The molecule has 0 saturated heterocycles. The van der Waals surface area contributed by atoms with Crippen LogP contribution in [0.1, 0.15) is 53.5 Å². The summed E-state index contributed by atoms with van der Waals surface area (Å²) in [6.07, 6.45) is -3.02. The van der Waals surface area contributed by atoms with E-state index in [-0.39, 0.29) is 23.3 Å². The molecule has 0 aliphatic rings. The highest BCUT2D eigenvalue weighted by atomic mass is 32.2. The monoisotopic (exact) mass is 458 g/mol. The highest BCUT2D eigenvalue weighted by molar-refractivity contribution is 7.88. The Labute approximate surface area is 182 Å². The first kappa shape index (κ1) is 26.2. The summed E-state index contributed by atoms with van der Waals surface area (Å²) >= 11 is 0. The molecule has 0 spiro atoms. The fourth-order valence-corrected chi connectivity index (χ4v) is 4.10. The second-order valence-corrected chi connectivity index (χ2v) is 10.1. The normalized spacial score (nSPS) is 13.8. The summed E-state index contributed by atoms with van der Waals surface area (Å²) in [5.74, 6) is -1.87. The van der Waals surface area contributed by atoms with Crippen molar-refractivity contribution in [3.05, 3.63) is 35.9 Å². The zero-order chi connectivity index (χ0) is 24.0. The quantitative estimate of drug-likeness (QED) is 0.605. The number of carbonyl (C=O) groups is 3. The highest BCUT2D eigenvalue weighted by Crippen LogP contribution is 2.29. The van der Waals surface area contributed by atoms with Crippen LogP contribution in [0.25, 0.3) is 0 Å². The van der Waals surface area contributed by atoms with Crippen LogP contribution in [0.4, 0.5) is 9.59 Å². The molecule has 2 amide bonds. The van der Waals surface area contributed by atoms with Gasteiger partial charge in [0, 0.05) is 0 Å². The maximum atomic E-state index is 13.0. The third-order valence-electron chi connectivity index (χ3n) is 3.94. The molecule has 174 valence electrons. The predicted octanol–water partition coefficient (Wildman–Crippen LogP) is 3.28. The summed E-state index contributed by atoms with van der Waals surface area (Å²) in [6.45, 7) is 8.68. The molecule has 0 fully saturated rings. The lowest BCUT2D eigenvalue weighted by Gasteiger charge is -2.38. The van der Waals surface area contributed by atoms with E-state index in [1.165, 1.54) is 20.8 Å². The number of ether oxygens (including phenoxy) is 2. The molecular formula is C20H30N2O8S. The van der Waals surface area contributed by atoms with Gasteiger partial charge in [0.1, 0.15) is 12.2 Å². The average Bonchev–Trinajstić information content (AvgIpc) is 2.57. The molecule has 0 aromatic heterocycles. The second kappa shape index (κ2) is 9.99. The number of amides is 2. The largest absolute Gasteiger partial charge is 0.479 e. The van der Waals surface area contributed by atoms with Gasteiger partial charge >= 0.3 is 28.4 Å². The summed E-state index contributed by atoms with van der Waals surface area (Å²) in [4.78, 5) is 36.9. The lowest BCUT2D eigenvalue weighted by Crippen LogP contribution is -2.62. The van der Waals surface area contributed by atoms with Crippen molar-refractivity contribution in [3.63, 3.8) is 0 Å². The Morgan fingerprint density at radius 2 is 1.65 bits per heavy atom. The van der Waals surface area contributed by atoms with Crippen LogP contribution in [-0.4, -0.2) is 47.1 Å². The number of nitrogens with zero attached hydrogens (tertiary/aromatic N) is 1. The van der Waals surface area contributed by atoms with E-state index in [2.05, 4.69) is 0 Å². The molecule has 1 aromatic rings. The first-order valence-electron chi connectivity index (χ1n) is 9.59. The van der Waals surface area contributed by atoms with Gasteiger partial charge < -0.3 is 14.6 Å². The van der Waals surface area contributed by atoms with E-state index < -0.39 is 39.5 Å². The Balaban J connectivity index is 3.23. The molecule has 2 N–H and O–H groups in total. The Kier molecular flexibility index (Phi) is 8.45.